The molecule has 1 heterocycles. The summed E-state index contributed by atoms with van der Waals surface area (Å²) < 4.78 is 24.7. The lowest BCUT2D eigenvalue weighted by atomic mass is 9.84. The van der Waals surface area contributed by atoms with Gasteiger partial charge in [0.15, 0.2) is 0 Å². The molecule has 2 aliphatic rings. The van der Waals surface area contributed by atoms with Crippen molar-refractivity contribution >= 4 is 32.2 Å². The first-order valence-corrected chi connectivity index (χ1v) is 11.5. The molecule has 0 unspecified atom stereocenters. The van der Waals surface area contributed by atoms with Gasteiger partial charge in [0.2, 0.25) is 25.2 Å². The van der Waals surface area contributed by atoms with Crippen LogP contribution < -0.4 is 10.6 Å². The van der Waals surface area contributed by atoms with Crippen LogP contribution in [0.3, 0.4) is 0 Å². The highest BCUT2D eigenvalue weighted by Crippen LogP contribution is 2.49. The van der Waals surface area contributed by atoms with Gasteiger partial charge in [-0.1, -0.05) is 24.7 Å². The second kappa shape index (κ2) is 7.57. The number of carbonyl (C=O) groups is 1. The van der Waals surface area contributed by atoms with Crippen LogP contribution in [0.5, 0.6) is 0 Å². The Morgan fingerprint density at radius 2 is 2.12 bits per heavy atom. The Labute approximate surface area is 152 Å². The summed E-state index contributed by atoms with van der Waals surface area (Å²) in [5.74, 6) is 0.951. The topological polar surface area (TPSA) is 101 Å². The number of hydrogen-bond acceptors (Lipinski definition) is 7. The van der Waals surface area contributed by atoms with Crippen molar-refractivity contribution in [1.29, 1.82) is 0 Å². The van der Waals surface area contributed by atoms with Crippen molar-refractivity contribution in [3.63, 3.8) is 0 Å². The van der Waals surface area contributed by atoms with Crippen LogP contribution in [0, 0.1) is 17.8 Å². The first-order chi connectivity index (χ1) is 11.9. The molecule has 7 nitrogen and oxygen atoms in total. The number of hydrogen-bond donors (Lipinski definition) is 2. The average Bonchev–Trinajstić information content (AvgIpc) is 3.28. The smallest absolute Gasteiger partial charge is 0.235 e. The molecule has 2 fully saturated rings. The minimum absolute atomic E-state index is 0.0224. The van der Waals surface area contributed by atoms with Crippen molar-refractivity contribution in [2.45, 2.75) is 56.3 Å². The zero-order chi connectivity index (χ0) is 18.0. The van der Waals surface area contributed by atoms with Crippen molar-refractivity contribution in [2.75, 3.05) is 17.6 Å². The Kier molecular flexibility index (Phi) is 5.62. The van der Waals surface area contributed by atoms with Gasteiger partial charge in [-0.15, -0.1) is 10.2 Å². The fourth-order valence-electron chi connectivity index (χ4n) is 4.18. The minimum atomic E-state index is -3.75. The average molecular weight is 387 g/mol. The van der Waals surface area contributed by atoms with E-state index in [1.165, 1.54) is 19.3 Å². The van der Waals surface area contributed by atoms with Crippen LogP contribution in [0.25, 0.3) is 0 Å². The van der Waals surface area contributed by atoms with Crippen molar-refractivity contribution in [2.24, 2.45) is 17.8 Å². The Morgan fingerprint density at radius 3 is 2.76 bits per heavy atom. The molecule has 0 aliphatic heterocycles. The summed E-state index contributed by atoms with van der Waals surface area (Å²) in [7, 11) is -3.75. The number of nitrogens with one attached hydrogen (secondary N) is 2. The zero-order valence-electron chi connectivity index (χ0n) is 14.7. The summed E-state index contributed by atoms with van der Waals surface area (Å²) in [4.78, 5) is 12.2. The molecule has 4 atom stereocenters. The van der Waals surface area contributed by atoms with Gasteiger partial charge in [-0.2, -0.15) is 0 Å². The van der Waals surface area contributed by atoms with Gasteiger partial charge in [0, 0.05) is 12.6 Å². The SMILES string of the molecule is CCCNc1nnc(S(=O)(=O)CC(=O)N[C@@H](C)[C@@H]2C[C@H]3CC[C@H]2C3)s1. The maximum atomic E-state index is 12.4. The van der Waals surface area contributed by atoms with Gasteiger partial charge in [0.1, 0.15) is 5.75 Å². The summed E-state index contributed by atoms with van der Waals surface area (Å²) >= 11 is 0.974. The van der Waals surface area contributed by atoms with E-state index in [1.54, 1.807) is 0 Å². The maximum Gasteiger partial charge on any atom is 0.235 e. The fourth-order valence-corrected chi connectivity index (χ4v) is 6.32. The third kappa shape index (κ3) is 4.31. The molecule has 0 spiro atoms. The van der Waals surface area contributed by atoms with Crippen LogP contribution in [0.2, 0.25) is 0 Å². The van der Waals surface area contributed by atoms with E-state index in [0.717, 1.165) is 30.1 Å². The fraction of sp³-hybridized carbons (Fsp3) is 0.812. The number of carbonyl (C=O) groups excluding carboxylic acids is 1. The van der Waals surface area contributed by atoms with Crippen LogP contribution in [0.15, 0.2) is 4.34 Å². The molecule has 25 heavy (non-hydrogen) atoms. The summed E-state index contributed by atoms with van der Waals surface area (Å²) in [6.45, 7) is 4.71. The second-order valence-corrected chi connectivity index (χ2v) is 10.4. The van der Waals surface area contributed by atoms with Gasteiger partial charge >= 0.3 is 0 Å². The van der Waals surface area contributed by atoms with Crippen molar-refractivity contribution in [3.8, 4) is 0 Å². The number of rotatable bonds is 8. The molecule has 2 bridgehead atoms. The van der Waals surface area contributed by atoms with Gasteiger partial charge < -0.3 is 10.6 Å². The summed E-state index contributed by atoms with van der Waals surface area (Å²) in [5, 5.41) is 13.9. The third-order valence-corrected chi connectivity index (χ3v) is 8.29. The van der Waals surface area contributed by atoms with Crippen molar-refractivity contribution in [1.82, 2.24) is 15.5 Å². The minimum Gasteiger partial charge on any atom is -0.360 e. The molecule has 2 N–H and O–H groups in total. The molecular formula is C16H26N4O3S2. The highest BCUT2D eigenvalue weighted by molar-refractivity contribution is 7.94. The predicted octanol–water partition coefficient (Wildman–Crippen LogP) is 2.07. The Bertz CT molecular complexity index is 719. The normalized spacial score (nSPS) is 26.6. The third-order valence-electron chi connectivity index (χ3n) is 5.34. The van der Waals surface area contributed by atoms with E-state index in [1.807, 2.05) is 13.8 Å². The van der Waals surface area contributed by atoms with Crippen LogP contribution in [0.1, 0.15) is 46.0 Å². The van der Waals surface area contributed by atoms with Gasteiger partial charge in [0.05, 0.1) is 0 Å². The van der Waals surface area contributed by atoms with Gasteiger partial charge in [0.25, 0.3) is 0 Å². The van der Waals surface area contributed by atoms with E-state index < -0.39 is 21.5 Å². The molecule has 1 aromatic heterocycles. The molecule has 0 saturated heterocycles. The number of anilines is 1. The van der Waals surface area contributed by atoms with E-state index in [9.17, 15) is 13.2 Å². The van der Waals surface area contributed by atoms with E-state index in [4.69, 9.17) is 0 Å². The molecule has 3 rings (SSSR count). The van der Waals surface area contributed by atoms with Crippen LogP contribution in [-0.2, 0) is 14.6 Å². The lowest BCUT2D eigenvalue weighted by Gasteiger charge is -2.28. The number of amides is 1. The van der Waals surface area contributed by atoms with Crippen LogP contribution >= 0.6 is 11.3 Å². The summed E-state index contributed by atoms with van der Waals surface area (Å²) in [6, 6.07) is 0.0224. The molecule has 140 valence electrons. The number of aromatic nitrogens is 2. The molecular weight excluding hydrogens is 360 g/mol. The second-order valence-electron chi connectivity index (χ2n) is 7.25. The van der Waals surface area contributed by atoms with Gasteiger partial charge in [-0.25, -0.2) is 8.42 Å². The van der Waals surface area contributed by atoms with E-state index in [0.29, 0.717) is 23.5 Å². The summed E-state index contributed by atoms with van der Waals surface area (Å²) in [5.41, 5.74) is 0. The molecule has 1 aromatic rings. The molecule has 1 amide bonds. The molecule has 9 heteroatoms. The molecule has 2 saturated carbocycles. The van der Waals surface area contributed by atoms with Gasteiger partial charge in [-0.3, -0.25) is 4.79 Å². The first kappa shape index (κ1) is 18.6. The van der Waals surface area contributed by atoms with Crippen LogP contribution in [-0.4, -0.2) is 42.9 Å². The summed E-state index contributed by atoms with van der Waals surface area (Å²) in [6.07, 6.45) is 5.88. The number of fused-ring (bicyclic) bond motifs is 2. The lowest BCUT2D eigenvalue weighted by Crippen LogP contribution is -2.42. The Morgan fingerprint density at radius 1 is 1.32 bits per heavy atom. The predicted molar refractivity (Wildman–Crippen MR) is 97.3 cm³/mol. The standard InChI is InChI=1S/C16H26N4O3S2/c1-3-6-17-15-19-20-16(24-15)25(22,23)9-14(21)18-10(2)13-8-11-4-5-12(13)7-11/h10-13H,3-9H2,1-2H3,(H,17,19)(H,18,21)/t10-,11-,12-,13-/m0/s1. The Hall–Kier alpha value is -1.22. The van der Waals surface area contributed by atoms with Crippen molar-refractivity contribution in [3.05, 3.63) is 0 Å². The molecule has 2 aliphatic carbocycles. The number of nitrogens with zero attached hydrogens (tertiary/aromatic N) is 2. The maximum absolute atomic E-state index is 12.4. The van der Waals surface area contributed by atoms with E-state index in [2.05, 4.69) is 20.8 Å². The van der Waals surface area contributed by atoms with Crippen LogP contribution in [0.4, 0.5) is 5.13 Å². The quantitative estimate of drug-likeness (QED) is 0.709. The number of sulfone groups is 1. The first-order valence-electron chi connectivity index (χ1n) is 8.98. The van der Waals surface area contributed by atoms with E-state index >= 15 is 0 Å². The Balaban J connectivity index is 1.55. The van der Waals surface area contributed by atoms with E-state index in [-0.39, 0.29) is 10.4 Å². The van der Waals surface area contributed by atoms with Crippen molar-refractivity contribution < 1.29 is 13.2 Å². The lowest BCUT2D eigenvalue weighted by molar-refractivity contribution is -0.119. The largest absolute Gasteiger partial charge is 0.360 e. The monoisotopic (exact) mass is 386 g/mol. The molecule has 0 radical (unpaired) electrons. The zero-order valence-corrected chi connectivity index (χ0v) is 16.3. The highest BCUT2D eigenvalue weighted by Gasteiger charge is 2.42. The molecule has 0 aromatic carbocycles. The van der Waals surface area contributed by atoms with Gasteiger partial charge in [-0.05, 0) is 50.4 Å². The highest BCUT2D eigenvalue weighted by atomic mass is 32.2.